The Hall–Kier alpha value is 0.135. The van der Waals surface area contributed by atoms with Crippen LogP contribution in [0.25, 0.3) is 0 Å². The van der Waals surface area contributed by atoms with Crippen LogP contribution in [0.2, 0.25) is 0 Å². The van der Waals surface area contributed by atoms with Crippen molar-refractivity contribution in [1.82, 2.24) is 0 Å². The largest absolute Gasteiger partial charge is 0.773 e. The molecule has 0 bridgehead atoms. The SMILES string of the molecule is CO[B]CS(=O)[O-]. The van der Waals surface area contributed by atoms with Crippen molar-refractivity contribution in [2.24, 2.45) is 0 Å². The molecule has 1 atom stereocenters. The van der Waals surface area contributed by atoms with Crippen LogP contribution in [-0.2, 0) is 15.7 Å². The summed E-state index contributed by atoms with van der Waals surface area (Å²) in [7, 11) is 2.62. The molecule has 1 unspecified atom stereocenters. The summed E-state index contributed by atoms with van der Waals surface area (Å²) in [5.74, 6) is 0. The van der Waals surface area contributed by atoms with Gasteiger partial charge in [0.05, 0.1) is 0 Å². The topological polar surface area (TPSA) is 49.4 Å². The van der Waals surface area contributed by atoms with Gasteiger partial charge < -0.3 is 9.21 Å². The smallest absolute Gasteiger partial charge is 0.304 e. The average Bonchev–Trinajstić information content (AvgIpc) is 1.61. The fourth-order valence-corrected chi connectivity index (χ4v) is 0.371. The van der Waals surface area contributed by atoms with Crippen molar-refractivity contribution in [1.29, 1.82) is 0 Å². The molecule has 0 amide bonds. The van der Waals surface area contributed by atoms with E-state index in [1.54, 1.807) is 0 Å². The first-order valence-electron chi connectivity index (χ1n) is 1.67. The maximum atomic E-state index is 9.65. The fourth-order valence-electron chi connectivity index (χ4n) is 0.124. The van der Waals surface area contributed by atoms with Gasteiger partial charge in [0, 0.05) is 12.8 Å². The third-order valence-corrected chi connectivity index (χ3v) is 0.779. The summed E-state index contributed by atoms with van der Waals surface area (Å²) < 4.78 is 23.6. The Bertz CT molecular complexity index is 66.0. The Morgan fingerprint density at radius 3 is 2.71 bits per heavy atom. The molecule has 0 saturated carbocycles. The Morgan fingerprint density at radius 1 is 2.00 bits per heavy atom. The second-order valence-corrected chi connectivity index (χ2v) is 1.81. The van der Waals surface area contributed by atoms with Gasteiger partial charge in [-0.2, -0.15) is 0 Å². The third kappa shape index (κ3) is 6.13. The Labute approximate surface area is 45.6 Å². The molecular formula is C2H5BO3S-. The Kier molecular flexibility index (Phi) is 4.38. The van der Waals surface area contributed by atoms with Gasteiger partial charge in [-0.05, 0) is 0 Å². The summed E-state index contributed by atoms with van der Waals surface area (Å²) in [5, 5.41) is 0. The molecule has 0 aliphatic heterocycles. The van der Waals surface area contributed by atoms with Gasteiger partial charge >= 0.3 is 7.48 Å². The predicted molar refractivity (Wildman–Crippen MR) is 26.5 cm³/mol. The quantitative estimate of drug-likeness (QED) is 0.357. The van der Waals surface area contributed by atoms with Crippen LogP contribution in [0.1, 0.15) is 0 Å². The summed E-state index contributed by atoms with van der Waals surface area (Å²) in [6.07, 6.45) is 0. The van der Waals surface area contributed by atoms with Gasteiger partial charge in [0.2, 0.25) is 0 Å². The maximum absolute atomic E-state index is 9.65. The first kappa shape index (κ1) is 7.13. The van der Waals surface area contributed by atoms with Crippen molar-refractivity contribution in [2.75, 3.05) is 12.8 Å². The van der Waals surface area contributed by atoms with E-state index in [4.69, 9.17) is 0 Å². The fraction of sp³-hybridized carbons (Fsp3) is 1.00. The van der Waals surface area contributed by atoms with Crippen LogP contribution in [-0.4, -0.2) is 29.0 Å². The van der Waals surface area contributed by atoms with Crippen LogP contribution >= 0.6 is 0 Å². The van der Waals surface area contributed by atoms with Crippen molar-refractivity contribution in [2.45, 2.75) is 0 Å². The van der Waals surface area contributed by atoms with Crippen molar-refractivity contribution in [3.63, 3.8) is 0 Å². The van der Waals surface area contributed by atoms with Gasteiger partial charge in [0.1, 0.15) is 0 Å². The third-order valence-electron chi connectivity index (χ3n) is 0.371. The lowest BCUT2D eigenvalue weighted by Crippen LogP contribution is -2.06. The first-order chi connectivity index (χ1) is 3.27. The van der Waals surface area contributed by atoms with Crippen molar-refractivity contribution in [3.8, 4) is 0 Å². The van der Waals surface area contributed by atoms with E-state index >= 15 is 0 Å². The molecule has 0 rings (SSSR count). The van der Waals surface area contributed by atoms with Gasteiger partial charge in [-0.15, -0.1) is 0 Å². The van der Waals surface area contributed by atoms with Gasteiger partial charge in [-0.3, -0.25) is 4.21 Å². The normalized spacial score (nSPS) is 13.4. The van der Waals surface area contributed by atoms with Crippen LogP contribution in [0.4, 0.5) is 0 Å². The van der Waals surface area contributed by atoms with E-state index in [1.165, 1.54) is 14.6 Å². The van der Waals surface area contributed by atoms with Crippen LogP contribution in [0.15, 0.2) is 0 Å². The van der Waals surface area contributed by atoms with Gasteiger partial charge in [-0.1, -0.05) is 11.1 Å². The molecule has 41 valence electrons. The molecule has 0 spiro atoms. The van der Waals surface area contributed by atoms with Crippen molar-refractivity contribution in [3.05, 3.63) is 0 Å². The molecule has 1 radical (unpaired) electrons. The van der Waals surface area contributed by atoms with E-state index in [0.29, 0.717) is 0 Å². The highest BCUT2D eigenvalue weighted by molar-refractivity contribution is 7.80. The molecule has 0 aromatic rings. The average molecular weight is 120 g/mol. The summed E-state index contributed by atoms with van der Waals surface area (Å²) in [5.41, 5.74) is -0.0312. The number of hydrogen-bond donors (Lipinski definition) is 0. The molecular weight excluding hydrogens is 115 g/mol. The lowest BCUT2D eigenvalue weighted by molar-refractivity contribution is 0.443. The van der Waals surface area contributed by atoms with E-state index in [9.17, 15) is 8.76 Å². The number of hydrogen-bond acceptors (Lipinski definition) is 3. The summed E-state index contributed by atoms with van der Waals surface area (Å²) in [4.78, 5) is 0. The molecule has 0 N–H and O–H groups in total. The van der Waals surface area contributed by atoms with Gasteiger partial charge in [0.25, 0.3) is 0 Å². The van der Waals surface area contributed by atoms with E-state index in [2.05, 4.69) is 4.65 Å². The first-order valence-corrected chi connectivity index (χ1v) is 2.92. The predicted octanol–water partition coefficient (Wildman–Crippen LogP) is -0.911. The van der Waals surface area contributed by atoms with E-state index in [1.807, 2.05) is 0 Å². The van der Waals surface area contributed by atoms with Gasteiger partial charge in [-0.25, -0.2) is 0 Å². The lowest BCUT2D eigenvalue weighted by atomic mass is 10.1. The molecule has 0 aliphatic rings. The molecule has 0 aromatic carbocycles. The summed E-state index contributed by atoms with van der Waals surface area (Å²) in [6.45, 7) is 0. The monoisotopic (exact) mass is 120 g/mol. The van der Waals surface area contributed by atoms with Crippen molar-refractivity contribution < 1.29 is 13.4 Å². The zero-order chi connectivity index (χ0) is 5.70. The van der Waals surface area contributed by atoms with E-state index in [-0.39, 0.29) is 5.65 Å². The second-order valence-electron chi connectivity index (χ2n) is 0.873. The molecule has 0 fully saturated rings. The maximum Gasteiger partial charge on any atom is 0.304 e. The van der Waals surface area contributed by atoms with Crippen LogP contribution in [0.3, 0.4) is 0 Å². The van der Waals surface area contributed by atoms with Crippen molar-refractivity contribution >= 4 is 18.6 Å². The molecule has 7 heavy (non-hydrogen) atoms. The zero-order valence-corrected chi connectivity index (χ0v) is 4.73. The molecule has 3 nitrogen and oxygen atoms in total. The Morgan fingerprint density at radius 2 is 2.57 bits per heavy atom. The highest BCUT2D eigenvalue weighted by atomic mass is 32.2. The van der Waals surface area contributed by atoms with Crippen LogP contribution in [0.5, 0.6) is 0 Å². The van der Waals surface area contributed by atoms with Gasteiger partial charge in [0.15, 0.2) is 0 Å². The highest BCUT2D eigenvalue weighted by Gasteiger charge is 1.84. The number of rotatable bonds is 3. The van der Waals surface area contributed by atoms with E-state index in [0.717, 1.165) is 0 Å². The zero-order valence-electron chi connectivity index (χ0n) is 3.92. The molecule has 0 aromatic heterocycles. The second kappa shape index (κ2) is 4.30. The Balaban J connectivity index is 2.82. The standard InChI is InChI=1S/C2H6BO3S/c1-6-3-2-7(4)5/h2H2,1H3,(H,4,5)/p-1. The van der Waals surface area contributed by atoms with Crippen LogP contribution in [0, 0.1) is 0 Å². The molecule has 0 heterocycles. The molecule has 0 saturated heterocycles. The minimum atomic E-state index is -2.00. The summed E-state index contributed by atoms with van der Waals surface area (Å²) in [6, 6.07) is 0. The molecule has 5 heteroatoms. The highest BCUT2D eigenvalue weighted by Crippen LogP contribution is 1.68. The van der Waals surface area contributed by atoms with E-state index < -0.39 is 11.1 Å². The van der Waals surface area contributed by atoms with Crippen LogP contribution < -0.4 is 0 Å². The minimum absolute atomic E-state index is 0.0312. The lowest BCUT2D eigenvalue weighted by Gasteiger charge is -1.98. The molecule has 0 aliphatic carbocycles. The minimum Gasteiger partial charge on any atom is -0.773 e. The summed E-state index contributed by atoms with van der Waals surface area (Å²) >= 11 is -2.00.